The standard InChI is InChI=1S/C19H17F3N4O3S2/c1-9-10(2)24-25-16-13(9)14(23)15(30-16)17(27)26-7-19(22,8-26)11-3-5-12(6-4-11)31(28,29)18(20)21/h3-6,18H,7-8,23H2,1-2H3. The molecule has 1 aromatic carbocycles. The van der Waals surface area contributed by atoms with Gasteiger partial charge in [-0.2, -0.15) is 13.9 Å². The second-order valence-electron chi connectivity index (χ2n) is 7.39. The maximum Gasteiger partial charge on any atom is 0.341 e. The Balaban J connectivity index is 1.55. The molecule has 1 amide bonds. The molecule has 0 radical (unpaired) electrons. The molecule has 3 aromatic rings. The van der Waals surface area contributed by atoms with Gasteiger partial charge in [0.05, 0.1) is 29.4 Å². The van der Waals surface area contributed by atoms with Crippen LogP contribution in [0.5, 0.6) is 0 Å². The van der Waals surface area contributed by atoms with E-state index in [0.717, 1.165) is 41.2 Å². The number of rotatable bonds is 4. The van der Waals surface area contributed by atoms with Gasteiger partial charge < -0.3 is 10.6 Å². The molecule has 31 heavy (non-hydrogen) atoms. The third kappa shape index (κ3) is 3.33. The second-order valence-corrected chi connectivity index (χ2v) is 10.3. The van der Waals surface area contributed by atoms with Crippen molar-refractivity contribution < 1.29 is 26.4 Å². The molecule has 1 aliphatic heterocycles. The Morgan fingerprint density at radius 3 is 2.39 bits per heavy atom. The molecular weight excluding hydrogens is 453 g/mol. The first-order valence-electron chi connectivity index (χ1n) is 9.08. The molecule has 0 atom stereocenters. The number of aryl methyl sites for hydroxylation is 2. The number of carbonyl (C=O) groups excluding carboxylic acids is 1. The fourth-order valence-corrected chi connectivity index (χ4v) is 5.26. The molecule has 12 heteroatoms. The summed E-state index contributed by atoms with van der Waals surface area (Å²) in [5.74, 6) is -4.00. The zero-order chi connectivity index (χ0) is 22.7. The second kappa shape index (κ2) is 7.16. The smallest absolute Gasteiger partial charge is 0.341 e. The maximum absolute atomic E-state index is 15.2. The average Bonchev–Trinajstić information content (AvgIpc) is 3.05. The summed E-state index contributed by atoms with van der Waals surface area (Å²) in [6, 6.07) is 4.17. The highest BCUT2D eigenvalue weighted by Gasteiger charge is 2.48. The van der Waals surface area contributed by atoms with Crippen LogP contribution in [-0.4, -0.2) is 48.3 Å². The Kier molecular flexibility index (Phi) is 4.97. The van der Waals surface area contributed by atoms with E-state index >= 15 is 4.39 Å². The lowest BCUT2D eigenvalue weighted by molar-refractivity contribution is -0.0228. The molecule has 0 saturated carbocycles. The predicted octanol–water partition coefficient (Wildman–Crippen LogP) is 3.21. The number of nitrogens with two attached hydrogens (primary N) is 1. The average molecular weight is 470 g/mol. The molecule has 1 saturated heterocycles. The Bertz CT molecular complexity index is 1300. The van der Waals surface area contributed by atoms with Gasteiger partial charge in [-0.25, -0.2) is 12.8 Å². The minimum atomic E-state index is -4.76. The summed E-state index contributed by atoms with van der Waals surface area (Å²) in [6.07, 6.45) is 0. The molecule has 3 heterocycles. The summed E-state index contributed by atoms with van der Waals surface area (Å²) in [5, 5.41) is 8.75. The van der Waals surface area contributed by atoms with E-state index < -0.39 is 32.1 Å². The topological polar surface area (TPSA) is 106 Å². The minimum absolute atomic E-state index is 0.103. The van der Waals surface area contributed by atoms with Crippen LogP contribution in [-0.2, 0) is 15.5 Å². The number of nitrogens with zero attached hydrogens (tertiary/aromatic N) is 3. The molecule has 2 aromatic heterocycles. The van der Waals surface area contributed by atoms with Crippen LogP contribution in [0.1, 0.15) is 26.5 Å². The fourth-order valence-electron chi connectivity index (χ4n) is 3.47. The van der Waals surface area contributed by atoms with Crippen molar-refractivity contribution in [3.63, 3.8) is 0 Å². The molecule has 2 N–H and O–H groups in total. The molecule has 0 unspecified atom stereocenters. The quantitative estimate of drug-likeness (QED) is 0.628. The third-order valence-electron chi connectivity index (χ3n) is 5.43. The van der Waals surface area contributed by atoms with Crippen LogP contribution in [0.3, 0.4) is 0 Å². The molecule has 0 spiro atoms. The number of sulfone groups is 1. The number of halogens is 3. The lowest BCUT2D eigenvalue weighted by atomic mass is 9.88. The number of benzene rings is 1. The molecular formula is C19H17F3N4O3S2. The summed E-state index contributed by atoms with van der Waals surface area (Å²) < 4.78 is 63.5. The van der Waals surface area contributed by atoms with E-state index in [4.69, 9.17) is 5.73 Å². The normalized spacial score (nSPS) is 16.0. The zero-order valence-electron chi connectivity index (χ0n) is 16.4. The van der Waals surface area contributed by atoms with Crippen LogP contribution >= 0.6 is 11.3 Å². The molecule has 4 rings (SSSR count). The predicted molar refractivity (Wildman–Crippen MR) is 110 cm³/mol. The number of carbonyl (C=O) groups is 1. The van der Waals surface area contributed by atoms with Gasteiger partial charge in [0.1, 0.15) is 9.71 Å². The first-order valence-corrected chi connectivity index (χ1v) is 11.4. The van der Waals surface area contributed by atoms with Gasteiger partial charge in [0.15, 0.2) is 5.67 Å². The van der Waals surface area contributed by atoms with E-state index in [1.807, 2.05) is 6.92 Å². The van der Waals surface area contributed by atoms with Crippen molar-refractivity contribution in [2.24, 2.45) is 0 Å². The highest BCUT2D eigenvalue weighted by atomic mass is 32.2. The maximum atomic E-state index is 15.2. The highest BCUT2D eigenvalue weighted by molar-refractivity contribution is 7.91. The number of alkyl halides is 3. The van der Waals surface area contributed by atoms with Gasteiger partial charge in [-0.1, -0.05) is 12.1 Å². The summed E-state index contributed by atoms with van der Waals surface area (Å²) in [4.78, 5) is 14.3. The van der Waals surface area contributed by atoms with Crippen molar-refractivity contribution in [1.29, 1.82) is 0 Å². The number of nitrogen functional groups attached to an aromatic ring is 1. The fraction of sp³-hybridized carbons (Fsp3) is 0.316. The SMILES string of the molecule is Cc1nnc2sc(C(=O)N3CC(F)(c4ccc(S(=O)(=O)C(F)F)cc4)C3)c(N)c2c1C. The number of anilines is 1. The van der Waals surface area contributed by atoms with Crippen LogP contribution in [0.2, 0.25) is 0 Å². The van der Waals surface area contributed by atoms with Crippen LogP contribution in [0.15, 0.2) is 29.2 Å². The van der Waals surface area contributed by atoms with E-state index in [1.165, 1.54) is 4.90 Å². The Morgan fingerprint density at radius 1 is 1.19 bits per heavy atom. The summed E-state index contributed by atoms with van der Waals surface area (Å²) in [5.41, 5.74) is 6.15. The van der Waals surface area contributed by atoms with Gasteiger partial charge in [0, 0.05) is 5.39 Å². The van der Waals surface area contributed by atoms with Gasteiger partial charge in [0.2, 0.25) is 9.84 Å². The van der Waals surface area contributed by atoms with E-state index in [0.29, 0.717) is 15.9 Å². The zero-order valence-corrected chi connectivity index (χ0v) is 18.0. The largest absolute Gasteiger partial charge is 0.397 e. The molecule has 0 bridgehead atoms. The van der Waals surface area contributed by atoms with Crippen molar-refractivity contribution in [3.8, 4) is 0 Å². The third-order valence-corrected chi connectivity index (χ3v) is 7.91. The molecule has 0 aliphatic carbocycles. The summed E-state index contributed by atoms with van der Waals surface area (Å²) in [6.45, 7) is 3.07. The number of fused-ring (bicyclic) bond motifs is 1. The lowest BCUT2D eigenvalue weighted by Gasteiger charge is -2.44. The van der Waals surface area contributed by atoms with Crippen molar-refractivity contribution in [2.45, 2.75) is 30.2 Å². The van der Waals surface area contributed by atoms with Crippen molar-refractivity contribution in [2.75, 3.05) is 18.8 Å². The number of hydrogen-bond donors (Lipinski definition) is 1. The minimum Gasteiger partial charge on any atom is -0.397 e. The van der Waals surface area contributed by atoms with E-state index in [1.54, 1.807) is 6.92 Å². The van der Waals surface area contributed by atoms with Gasteiger partial charge in [-0.15, -0.1) is 16.4 Å². The lowest BCUT2D eigenvalue weighted by Crippen LogP contribution is -2.58. The Labute approximate surface area is 179 Å². The number of aromatic nitrogens is 2. The Morgan fingerprint density at radius 2 is 1.81 bits per heavy atom. The van der Waals surface area contributed by atoms with Crippen molar-refractivity contribution in [3.05, 3.63) is 46.0 Å². The van der Waals surface area contributed by atoms with E-state index in [-0.39, 0.29) is 29.2 Å². The number of hydrogen-bond acceptors (Lipinski definition) is 7. The summed E-state index contributed by atoms with van der Waals surface area (Å²) >= 11 is 1.09. The molecule has 1 aliphatic rings. The number of likely N-dealkylation sites (tertiary alicyclic amines) is 1. The van der Waals surface area contributed by atoms with Crippen molar-refractivity contribution in [1.82, 2.24) is 15.1 Å². The number of thiophene rings is 1. The van der Waals surface area contributed by atoms with Crippen LogP contribution in [0.25, 0.3) is 10.2 Å². The number of amides is 1. The monoisotopic (exact) mass is 470 g/mol. The van der Waals surface area contributed by atoms with Gasteiger partial charge >= 0.3 is 5.76 Å². The first kappa shape index (κ1) is 21.5. The molecule has 7 nitrogen and oxygen atoms in total. The van der Waals surface area contributed by atoms with Crippen LogP contribution < -0.4 is 5.73 Å². The Hall–Kier alpha value is -2.73. The molecule has 1 fully saturated rings. The van der Waals surface area contributed by atoms with Crippen LogP contribution in [0.4, 0.5) is 18.9 Å². The first-order chi connectivity index (χ1) is 14.5. The van der Waals surface area contributed by atoms with E-state index in [9.17, 15) is 22.0 Å². The highest BCUT2D eigenvalue weighted by Crippen LogP contribution is 2.41. The summed E-state index contributed by atoms with van der Waals surface area (Å²) in [7, 11) is -4.76. The van der Waals surface area contributed by atoms with Gasteiger partial charge in [-0.3, -0.25) is 4.79 Å². The van der Waals surface area contributed by atoms with Gasteiger partial charge in [-0.05, 0) is 37.1 Å². The van der Waals surface area contributed by atoms with Gasteiger partial charge in [0.25, 0.3) is 5.91 Å². The van der Waals surface area contributed by atoms with E-state index in [2.05, 4.69) is 10.2 Å². The van der Waals surface area contributed by atoms with Crippen LogP contribution in [0, 0.1) is 13.8 Å². The van der Waals surface area contributed by atoms with Crippen molar-refractivity contribution >= 4 is 43.0 Å². The molecule has 164 valence electrons.